The summed E-state index contributed by atoms with van der Waals surface area (Å²) in [5.74, 6) is 0. The average molecular weight is 751 g/mol. The van der Waals surface area contributed by atoms with Crippen molar-refractivity contribution in [3.8, 4) is 22.5 Å². The van der Waals surface area contributed by atoms with E-state index in [-0.39, 0.29) is 9.79 Å². The SMILES string of the molecule is Cc1ccc(S(=O)(=O)n2c(-c3ccccc3)cc3ccccc3c2=O)cc1.Cc1ccc(S(=O)(=O)n2c(-c3ccccc3)cc3ccccc3c2=O)cc1. The van der Waals surface area contributed by atoms with Gasteiger partial charge in [0.1, 0.15) is 0 Å². The maximum Gasteiger partial charge on any atom is 0.272 e. The van der Waals surface area contributed by atoms with Gasteiger partial charge in [-0.25, -0.2) is 16.8 Å². The summed E-state index contributed by atoms with van der Waals surface area (Å²) >= 11 is 0. The molecular weight excluding hydrogens is 717 g/mol. The van der Waals surface area contributed by atoms with Crippen LogP contribution in [0.15, 0.2) is 189 Å². The highest BCUT2D eigenvalue weighted by atomic mass is 32.2. The maximum atomic E-state index is 13.4. The van der Waals surface area contributed by atoms with Crippen LogP contribution in [0, 0.1) is 13.8 Å². The molecule has 0 saturated heterocycles. The van der Waals surface area contributed by atoms with Gasteiger partial charge in [-0.15, -0.1) is 0 Å². The van der Waals surface area contributed by atoms with Crippen LogP contribution in [0.25, 0.3) is 44.1 Å². The van der Waals surface area contributed by atoms with E-state index in [0.717, 1.165) is 19.1 Å². The van der Waals surface area contributed by atoms with E-state index in [2.05, 4.69) is 0 Å². The van der Waals surface area contributed by atoms with E-state index in [1.54, 1.807) is 84.9 Å². The van der Waals surface area contributed by atoms with Crippen molar-refractivity contribution >= 4 is 41.6 Å². The molecule has 0 spiro atoms. The number of rotatable bonds is 6. The van der Waals surface area contributed by atoms with Crippen LogP contribution in [0.1, 0.15) is 11.1 Å². The second-order valence-corrected chi connectivity index (χ2v) is 16.3. The van der Waals surface area contributed by atoms with Crippen molar-refractivity contribution in [1.29, 1.82) is 0 Å². The molecule has 0 N–H and O–H groups in total. The minimum atomic E-state index is -4.05. The molecule has 8 aromatic rings. The summed E-state index contributed by atoms with van der Waals surface area (Å²) in [5.41, 5.74) is 2.82. The number of pyridine rings is 2. The van der Waals surface area contributed by atoms with E-state index >= 15 is 0 Å². The number of nitrogens with zero attached hydrogens (tertiary/aromatic N) is 2. The molecule has 0 unspecified atom stereocenters. The van der Waals surface area contributed by atoms with Gasteiger partial charge in [-0.2, -0.15) is 7.94 Å². The highest BCUT2D eigenvalue weighted by molar-refractivity contribution is 7.90. The minimum absolute atomic E-state index is 0.0858. The van der Waals surface area contributed by atoms with Gasteiger partial charge < -0.3 is 0 Å². The second-order valence-electron chi connectivity index (χ2n) is 12.7. The lowest BCUT2D eigenvalue weighted by molar-refractivity contribution is 0.584. The highest BCUT2D eigenvalue weighted by Gasteiger charge is 2.25. The summed E-state index contributed by atoms with van der Waals surface area (Å²) in [5, 5.41) is 2.15. The van der Waals surface area contributed by atoms with E-state index in [1.807, 2.05) is 74.5 Å². The highest BCUT2D eigenvalue weighted by Crippen LogP contribution is 2.28. The Morgan fingerprint density at radius 1 is 0.389 bits per heavy atom. The largest absolute Gasteiger partial charge is 0.272 e. The van der Waals surface area contributed by atoms with Crippen molar-refractivity contribution in [2.75, 3.05) is 0 Å². The Hall–Kier alpha value is -6.36. The molecule has 8 rings (SSSR count). The predicted octanol–water partition coefficient (Wildman–Crippen LogP) is 8.43. The number of fused-ring (bicyclic) bond motifs is 2. The summed E-state index contributed by atoms with van der Waals surface area (Å²) in [6, 6.07) is 48.7. The Bertz CT molecular complexity index is 2790. The number of aryl methyl sites for hydroxylation is 2. The van der Waals surface area contributed by atoms with E-state index in [0.29, 0.717) is 44.1 Å². The Balaban J connectivity index is 0.000000167. The number of hydrogen-bond acceptors (Lipinski definition) is 6. The zero-order chi connectivity index (χ0) is 38.0. The van der Waals surface area contributed by atoms with Gasteiger partial charge >= 0.3 is 0 Å². The smallest absolute Gasteiger partial charge is 0.268 e. The summed E-state index contributed by atoms with van der Waals surface area (Å²) in [7, 11) is -8.11. The Labute approximate surface area is 313 Å². The predicted molar refractivity (Wildman–Crippen MR) is 215 cm³/mol. The Morgan fingerprint density at radius 3 is 1.06 bits per heavy atom. The fourth-order valence-electron chi connectivity index (χ4n) is 6.21. The molecule has 10 heteroatoms. The minimum Gasteiger partial charge on any atom is -0.268 e. The zero-order valence-corrected chi connectivity index (χ0v) is 31.0. The van der Waals surface area contributed by atoms with Crippen molar-refractivity contribution in [3.05, 3.63) is 202 Å². The summed E-state index contributed by atoms with van der Waals surface area (Å²) in [6.07, 6.45) is 0. The van der Waals surface area contributed by atoms with E-state index in [4.69, 9.17) is 0 Å². The molecule has 0 bridgehead atoms. The lowest BCUT2D eigenvalue weighted by Crippen LogP contribution is -2.29. The summed E-state index contributed by atoms with van der Waals surface area (Å²) in [6.45, 7) is 3.77. The van der Waals surface area contributed by atoms with Crippen LogP contribution in [-0.4, -0.2) is 24.8 Å². The molecular formula is C44H34N2O6S2. The van der Waals surface area contributed by atoms with Crippen molar-refractivity contribution in [2.45, 2.75) is 23.6 Å². The van der Waals surface area contributed by atoms with Crippen LogP contribution in [0.3, 0.4) is 0 Å². The zero-order valence-electron chi connectivity index (χ0n) is 29.3. The molecule has 0 aliphatic rings. The monoisotopic (exact) mass is 750 g/mol. The lowest BCUT2D eigenvalue weighted by atomic mass is 10.1. The Kier molecular flexibility index (Phi) is 9.72. The molecule has 0 atom stereocenters. The van der Waals surface area contributed by atoms with Crippen molar-refractivity contribution < 1.29 is 16.8 Å². The first kappa shape index (κ1) is 36.0. The van der Waals surface area contributed by atoms with Gasteiger partial charge in [0.15, 0.2) is 0 Å². The van der Waals surface area contributed by atoms with Crippen LogP contribution in [0.4, 0.5) is 0 Å². The van der Waals surface area contributed by atoms with Gasteiger partial charge in [-0.3, -0.25) is 9.59 Å². The molecule has 6 aromatic carbocycles. The standard InChI is InChI=1S/2C22H17NO3S/c2*1-16-11-13-19(14-12-16)27(25,26)23-21(17-7-3-2-4-8-17)15-18-9-5-6-10-20(18)22(23)24/h2*2-15H,1H3. The quantitative estimate of drug-likeness (QED) is 0.169. The molecule has 0 saturated carbocycles. The van der Waals surface area contributed by atoms with Gasteiger partial charge in [-0.05, 0) is 84.3 Å². The molecule has 0 amide bonds. The third kappa shape index (κ3) is 6.80. The van der Waals surface area contributed by atoms with Crippen LogP contribution >= 0.6 is 0 Å². The maximum absolute atomic E-state index is 13.4. The molecule has 268 valence electrons. The summed E-state index contributed by atoms with van der Waals surface area (Å²) in [4.78, 5) is 26.6. The fraction of sp³-hybridized carbons (Fsp3) is 0.0455. The van der Waals surface area contributed by atoms with Gasteiger partial charge in [0.05, 0.1) is 21.2 Å². The molecule has 2 heterocycles. The second kappa shape index (κ2) is 14.6. The number of aromatic nitrogens is 2. The Morgan fingerprint density at radius 2 is 0.704 bits per heavy atom. The lowest BCUT2D eigenvalue weighted by Gasteiger charge is -2.15. The van der Waals surface area contributed by atoms with Gasteiger partial charge in [-0.1, -0.05) is 132 Å². The van der Waals surface area contributed by atoms with E-state index in [9.17, 15) is 26.4 Å². The van der Waals surface area contributed by atoms with Gasteiger partial charge in [0.25, 0.3) is 31.2 Å². The third-order valence-corrected chi connectivity index (χ3v) is 12.5. The molecule has 8 nitrogen and oxygen atoms in total. The first-order valence-electron chi connectivity index (χ1n) is 17.0. The van der Waals surface area contributed by atoms with Crippen molar-refractivity contribution in [2.24, 2.45) is 0 Å². The van der Waals surface area contributed by atoms with Crippen LogP contribution in [0.2, 0.25) is 0 Å². The topological polar surface area (TPSA) is 112 Å². The van der Waals surface area contributed by atoms with Crippen LogP contribution in [0.5, 0.6) is 0 Å². The van der Waals surface area contributed by atoms with Gasteiger partial charge in [0.2, 0.25) is 0 Å². The molecule has 0 aliphatic heterocycles. The van der Waals surface area contributed by atoms with Crippen molar-refractivity contribution in [1.82, 2.24) is 7.94 Å². The molecule has 54 heavy (non-hydrogen) atoms. The summed E-state index contributed by atoms with van der Waals surface area (Å²) < 4.78 is 55.3. The number of hydrogen-bond donors (Lipinski definition) is 0. The van der Waals surface area contributed by atoms with E-state index < -0.39 is 31.2 Å². The first-order valence-corrected chi connectivity index (χ1v) is 19.9. The van der Waals surface area contributed by atoms with Crippen LogP contribution < -0.4 is 11.1 Å². The first-order chi connectivity index (χ1) is 26.0. The van der Waals surface area contributed by atoms with Crippen molar-refractivity contribution in [3.63, 3.8) is 0 Å². The van der Waals surface area contributed by atoms with E-state index in [1.165, 1.54) is 24.3 Å². The normalized spacial score (nSPS) is 11.6. The fourth-order valence-corrected chi connectivity index (χ4v) is 9.06. The molecule has 0 fully saturated rings. The van der Waals surface area contributed by atoms with Gasteiger partial charge in [0, 0.05) is 10.8 Å². The number of benzene rings is 6. The third-order valence-electron chi connectivity index (χ3n) is 9.03. The average Bonchev–Trinajstić information content (AvgIpc) is 3.19. The molecule has 2 aromatic heterocycles. The van der Waals surface area contributed by atoms with Crippen LogP contribution in [-0.2, 0) is 20.0 Å². The molecule has 0 radical (unpaired) electrons. The molecule has 0 aliphatic carbocycles.